The molecule has 5 heterocycles. The van der Waals surface area contributed by atoms with Gasteiger partial charge in [-0.2, -0.15) is 9.07 Å². The number of nitrogens with zero attached hydrogens (tertiary/aromatic N) is 7. The van der Waals surface area contributed by atoms with Crippen LogP contribution in [0, 0.1) is 12.0 Å². The molecule has 1 N–H and O–H groups in total. The maximum absolute atomic E-state index is 14.6. The van der Waals surface area contributed by atoms with Crippen molar-refractivity contribution in [3.05, 3.63) is 24.2 Å². The lowest BCUT2D eigenvalue weighted by atomic mass is 9.80. The maximum atomic E-state index is 14.6. The molecule has 0 spiro atoms. The molecule has 0 radical (unpaired) electrons. The van der Waals surface area contributed by atoms with Crippen LogP contribution in [0.15, 0.2) is 17.5 Å². The van der Waals surface area contributed by atoms with Gasteiger partial charge in [0.2, 0.25) is 0 Å². The number of hydrogen-bond donors (Lipinski definition) is 1. The summed E-state index contributed by atoms with van der Waals surface area (Å²) < 4.78 is 24.1. The standard InChI is InChI=1S/C18H23FN8O/c1-18(7-4-8-28-18)13-9-21-24-27(13)17-23-22-15-11-5-2-3-6-12(11)25-14(26(15)17)10-20-16(25)19/h9-12,15,22H,2-8H2,1H3. The Kier molecular flexibility index (Phi) is 3.38. The summed E-state index contributed by atoms with van der Waals surface area (Å²) in [5.41, 5.74) is 3.72. The van der Waals surface area contributed by atoms with Gasteiger partial charge in [0.1, 0.15) is 17.6 Å². The molecule has 2 aromatic rings. The first kappa shape index (κ1) is 16.5. The van der Waals surface area contributed by atoms with E-state index in [4.69, 9.17) is 4.74 Å². The summed E-state index contributed by atoms with van der Waals surface area (Å²) in [6.07, 6.45) is 9.04. The van der Waals surface area contributed by atoms with Crippen LogP contribution in [0.25, 0.3) is 0 Å². The highest BCUT2D eigenvalue weighted by molar-refractivity contribution is 5.99. The third-order valence-corrected chi connectivity index (χ3v) is 6.79. The third kappa shape index (κ3) is 2.09. The zero-order valence-corrected chi connectivity index (χ0v) is 15.8. The first-order chi connectivity index (χ1) is 13.7. The highest BCUT2D eigenvalue weighted by Gasteiger charge is 2.49. The van der Waals surface area contributed by atoms with Crippen LogP contribution in [0.4, 0.5) is 10.2 Å². The van der Waals surface area contributed by atoms with Crippen LogP contribution in [-0.2, 0) is 10.3 Å². The van der Waals surface area contributed by atoms with Crippen LogP contribution in [0.3, 0.4) is 0 Å². The molecule has 148 valence electrons. The van der Waals surface area contributed by atoms with E-state index < -0.39 is 11.7 Å². The normalized spacial score (nSPS) is 33.9. The molecule has 3 aliphatic heterocycles. The largest absolute Gasteiger partial charge is 0.369 e. The minimum absolute atomic E-state index is 0.0294. The Morgan fingerprint density at radius 2 is 2.14 bits per heavy atom. The molecule has 9 nitrogen and oxygen atoms in total. The summed E-state index contributed by atoms with van der Waals surface area (Å²) >= 11 is 0. The van der Waals surface area contributed by atoms with Crippen LogP contribution in [0.2, 0.25) is 0 Å². The molecular weight excluding hydrogens is 363 g/mol. The smallest absolute Gasteiger partial charge is 0.291 e. The molecule has 4 unspecified atom stereocenters. The summed E-state index contributed by atoms with van der Waals surface area (Å²) in [6.45, 7) is 2.79. The average Bonchev–Trinajstić information content (AvgIpc) is 3.47. The van der Waals surface area contributed by atoms with Gasteiger partial charge in [-0.15, -0.1) is 10.2 Å². The monoisotopic (exact) mass is 386 g/mol. The number of nitrogens with one attached hydrogen (secondary N) is 1. The molecule has 10 heteroatoms. The van der Waals surface area contributed by atoms with E-state index >= 15 is 0 Å². The van der Waals surface area contributed by atoms with Gasteiger partial charge in [-0.1, -0.05) is 18.1 Å². The Balaban J connectivity index is 1.46. The van der Waals surface area contributed by atoms with Crippen LogP contribution in [0.1, 0.15) is 57.2 Å². The van der Waals surface area contributed by atoms with Crippen LogP contribution < -0.4 is 10.3 Å². The van der Waals surface area contributed by atoms with Crippen LogP contribution >= 0.6 is 0 Å². The number of anilines is 1. The lowest BCUT2D eigenvalue weighted by Crippen LogP contribution is -2.55. The zero-order valence-electron chi connectivity index (χ0n) is 15.8. The molecule has 4 atom stereocenters. The van der Waals surface area contributed by atoms with E-state index in [-0.39, 0.29) is 18.1 Å². The van der Waals surface area contributed by atoms with Gasteiger partial charge < -0.3 is 4.74 Å². The number of rotatable bonds is 1. The van der Waals surface area contributed by atoms with Crippen molar-refractivity contribution in [2.24, 2.45) is 11.0 Å². The number of ether oxygens (including phenoxy) is 1. The fraction of sp³-hybridized carbons (Fsp3) is 0.667. The van der Waals surface area contributed by atoms with Gasteiger partial charge in [-0.05, 0) is 32.6 Å². The number of hydrogen-bond acceptors (Lipinski definition) is 7. The average molecular weight is 386 g/mol. The molecule has 1 saturated heterocycles. The highest BCUT2D eigenvalue weighted by atomic mass is 19.1. The van der Waals surface area contributed by atoms with Gasteiger partial charge in [0.25, 0.3) is 12.0 Å². The van der Waals surface area contributed by atoms with Gasteiger partial charge in [-0.3, -0.25) is 14.9 Å². The summed E-state index contributed by atoms with van der Waals surface area (Å²) in [4.78, 5) is 6.01. The molecule has 0 amide bonds. The second-order valence-electron chi connectivity index (χ2n) is 8.34. The van der Waals surface area contributed by atoms with Crippen molar-refractivity contribution in [2.75, 3.05) is 11.5 Å². The highest BCUT2D eigenvalue weighted by Crippen LogP contribution is 2.46. The molecule has 1 aliphatic carbocycles. The second kappa shape index (κ2) is 5.76. The SMILES string of the molecule is CC1(c2cnnn2C2=NNC3C4CCCCC4n4c(cnc4F)N23)CCCO1. The summed E-state index contributed by atoms with van der Waals surface area (Å²) in [5, 5.41) is 13.1. The number of halogens is 1. The molecule has 0 bridgehead atoms. The van der Waals surface area contributed by atoms with E-state index in [1.807, 2.05) is 4.90 Å². The molecule has 28 heavy (non-hydrogen) atoms. The summed E-state index contributed by atoms with van der Waals surface area (Å²) in [6, 6.07) is 0.112. The summed E-state index contributed by atoms with van der Waals surface area (Å²) in [5.74, 6) is 1.57. The van der Waals surface area contributed by atoms with Gasteiger partial charge in [0.15, 0.2) is 0 Å². The van der Waals surface area contributed by atoms with Crippen molar-refractivity contribution >= 4 is 11.8 Å². The Hall–Kier alpha value is -2.49. The van der Waals surface area contributed by atoms with E-state index in [9.17, 15) is 4.39 Å². The number of aromatic nitrogens is 5. The molecule has 6 rings (SSSR count). The fourth-order valence-corrected chi connectivity index (χ4v) is 5.41. The minimum Gasteiger partial charge on any atom is -0.369 e. The van der Waals surface area contributed by atoms with Crippen molar-refractivity contribution < 1.29 is 9.13 Å². The first-order valence-electron chi connectivity index (χ1n) is 10.1. The minimum atomic E-state index is -0.446. The number of fused-ring (bicyclic) bond motifs is 6. The maximum Gasteiger partial charge on any atom is 0.291 e. The van der Waals surface area contributed by atoms with Crippen molar-refractivity contribution in [2.45, 2.75) is 63.3 Å². The van der Waals surface area contributed by atoms with Gasteiger partial charge in [0.05, 0.1) is 18.1 Å². The van der Waals surface area contributed by atoms with E-state index in [0.29, 0.717) is 11.8 Å². The lowest BCUT2D eigenvalue weighted by molar-refractivity contribution is 0.0117. The van der Waals surface area contributed by atoms with Crippen molar-refractivity contribution in [3.8, 4) is 0 Å². The number of hydrazone groups is 1. The van der Waals surface area contributed by atoms with Gasteiger partial charge in [0, 0.05) is 18.6 Å². The lowest BCUT2D eigenvalue weighted by Gasteiger charge is -2.45. The fourth-order valence-electron chi connectivity index (χ4n) is 5.41. The Labute approximate surface area is 161 Å². The predicted octanol–water partition coefficient (Wildman–Crippen LogP) is 1.94. The topological polar surface area (TPSA) is 85.4 Å². The van der Waals surface area contributed by atoms with Crippen molar-refractivity contribution in [3.63, 3.8) is 0 Å². The van der Waals surface area contributed by atoms with E-state index in [2.05, 4.69) is 32.7 Å². The Bertz CT molecular complexity index is 945. The molecule has 4 aliphatic rings. The summed E-state index contributed by atoms with van der Waals surface area (Å²) in [7, 11) is 0. The van der Waals surface area contributed by atoms with E-state index in [0.717, 1.165) is 50.8 Å². The molecular formula is C18H23FN8O. The van der Waals surface area contributed by atoms with Crippen molar-refractivity contribution in [1.82, 2.24) is 30.0 Å². The van der Waals surface area contributed by atoms with Gasteiger partial charge >= 0.3 is 0 Å². The van der Waals surface area contributed by atoms with Crippen LogP contribution in [0.5, 0.6) is 0 Å². The molecule has 2 aromatic heterocycles. The van der Waals surface area contributed by atoms with Gasteiger partial charge in [-0.25, -0.2) is 4.98 Å². The third-order valence-electron chi connectivity index (χ3n) is 6.79. The Morgan fingerprint density at radius 3 is 3.00 bits per heavy atom. The number of imidazole rings is 1. The second-order valence-corrected chi connectivity index (χ2v) is 8.34. The first-order valence-corrected chi connectivity index (χ1v) is 10.1. The van der Waals surface area contributed by atoms with E-state index in [1.165, 1.54) is 0 Å². The zero-order chi connectivity index (χ0) is 18.9. The van der Waals surface area contributed by atoms with E-state index in [1.54, 1.807) is 21.6 Å². The quantitative estimate of drug-likeness (QED) is 0.806. The molecule has 2 fully saturated rings. The molecule has 1 saturated carbocycles. The molecule has 0 aromatic carbocycles. The van der Waals surface area contributed by atoms with Crippen LogP contribution in [-0.4, -0.2) is 43.3 Å². The Morgan fingerprint density at radius 1 is 1.25 bits per heavy atom. The van der Waals surface area contributed by atoms with Crippen molar-refractivity contribution in [1.29, 1.82) is 0 Å². The predicted molar refractivity (Wildman–Crippen MR) is 98.0 cm³/mol.